The molecule has 0 heterocycles. The van der Waals surface area contributed by atoms with E-state index in [2.05, 4.69) is 0 Å². The zero-order chi connectivity index (χ0) is 14.7. The van der Waals surface area contributed by atoms with Crippen molar-refractivity contribution in [2.75, 3.05) is 0 Å². The van der Waals surface area contributed by atoms with Crippen LogP contribution in [0.25, 0.3) is 0 Å². The fourth-order valence-corrected chi connectivity index (χ4v) is 1.77. The summed E-state index contributed by atoms with van der Waals surface area (Å²) in [5.74, 6) is -0.863. The molecule has 0 aliphatic carbocycles. The van der Waals surface area contributed by atoms with Crippen molar-refractivity contribution in [3.63, 3.8) is 0 Å². The lowest BCUT2D eigenvalue weighted by Gasteiger charge is -2.10. The summed E-state index contributed by atoms with van der Waals surface area (Å²) < 4.78 is 31.8. The first-order valence-electron chi connectivity index (χ1n) is 6.00. The van der Waals surface area contributed by atoms with E-state index in [9.17, 15) is 8.78 Å². The summed E-state index contributed by atoms with van der Waals surface area (Å²) in [6.07, 6.45) is 0. The third-order valence-electron chi connectivity index (χ3n) is 2.90. The number of rotatable bonds is 4. The molecule has 104 valence electrons. The molecule has 0 spiro atoms. The van der Waals surface area contributed by atoms with Crippen LogP contribution in [0.1, 0.15) is 11.1 Å². The van der Waals surface area contributed by atoms with Gasteiger partial charge in [-0.3, -0.25) is 0 Å². The minimum atomic E-state index is -1.77. The fourth-order valence-electron chi connectivity index (χ4n) is 1.77. The van der Waals surface area contributed by atoms with Gasteiger partial charge in [-0.2, -0.15) is 0 Å². The van der Waals surface area contributed by atoms with Crippen molar-refractivity contribution in [3.8, 4) is 5.75 Å². The number of benzene rings is 2. The Balaban J connectivity index is 2.16. The van der Waals surface area contributed by atoms with Crippen LogP contribution in [0.15, 0.2) is 36.4 Å². The fraction of sp³-hybridized carbons (Fsp3) is 0.143. The van der Waals surface area contributed by atoms with Gasteiger partial charge in [0, 0.05) is 6.07 Å². The van der Waals surface area contributed by atoms with Gasteiger partial charge in [0.05, 0.1) is 0 Å². The van der Waals surface area contributed by atoms with E-state index in [-0.39, 0.29) is 23.6 Å². The molecule has 0 aliphatic rings. The molecule has 20 heavy (non-hydrogen) atoms. The Hall–Kier alpha value is -1.92. The Kier molecular flexibility index (Phi) is 4.37. The van der Waals surface area contributed by atoms with Gasteiger partial charge < -0.3 is 14.8 Å². The minimum absolute atomic E-state index is 0.00374. The normalized spacial score (nSPS) is 10.4. The average molecular weight is 278 g/mol. The molecule has 0 amide bonds. The maximum Gasteiger partial charge on any atom is 0.488 e. The van der Waals surface area contributed by atoms with E-state index in [1.165, 1.54) is 18.2 Å². The van der Waals surface area contributed by atoms with E-state index in [4.69, 9.17) is 14.8 Å². The predicted octanol–water partition coefficient (Wildman–Crippen LogP) is 1.53. The van der Waals surface area contributed by atoms with Crippen molar-refractivity contribution in [2.45, 2.75) is 13.5 Å². The monoisotopic (exact) mass is 278 g/mol. The van der Waals surface area contributed by atoms with Crippen LogP contribution in [0.3, 0.4) is 0 Å². The van der Waals surface area contributed by atoms with Crippen molar-refractivity contribution >= 4 is 12.6 Å². The van der Waals surface area contributed by atoms with Gasteiger partial charge in [0.1, 0.15) is 24.0 Å². The predicted molar refractivity (Wildman–Crippen MR) is 71.7 cm³/mol. The summed E-state index contributed by atoms with van der Waals surface area (Å²) in [5.41, 5.74) is 1.49. The molecule has 0 saturated heterocycles. The summed E-state index contributed by atoms with van der Waals surface area (Å²) in [6, 6.07) is 7.77. The van der Waals surface area contributed by atoms with Gasteiger partial charge in [0.15, 0.2) is 0 Å². The first kappa shape index (κ1) is 14.5. The number of halogens is 2. The number of hydrogen-bond acceptors (Lipinski definition) is 3. The van der Waals surface area contributed by atoms with Gasteiger partial charge in [-0.05, 0) is 47.8 Å². The largest absolute Gasteiger partial charge is 0.489 e. The molecule has 0 aromatic heterocycles. The second-order valence-electron chi connectivity index (χ2n) is 4.45. The zero-order valence-electron chi connectivity index (χ0n) is 10.8. The highest BCUT2D eigenvalue weighted by molar-refractivity contribution is 6.58. The molecular weight excluding hydrogens is 265 g/mol. The summed E-state index contributed by atoms with van der Waals surface area (Å²) in [7, 11) is -1.77. The number of ether oxygens (including phenoxy) is 1. The van der Waals surface area contributed by atoms with E-state index >= 15 is 0 Å². The molecular formula is C14H13BF2O3. The average Bonchev–Trinajstić information content (AvgIpc) is 2.39. The van der Waals surface area contributed by atoms with Gasteiger partial charge >= 0.3 is 7.12 Å². The summed E-state index contributed by atoms with van der Waals surface area (Å²) >= 11 is 0. The van der Waals surface area contributed by atoms with Crippen LogP contribution in [0.2, 0.25) is 0 Å². The molecule has 0 aliphatic heterocycles. The molecule has 2 N–H and O–H groups in total. The van der Waals surface area contributed by atoms with Crippen LogP contribution in [-0.4, -0.2) is 17.2 Å². The molecule has 3 nitrogen and oxygen atoms in total. The van der Waals surface area contributed by atoms with Gasteiger partial charge in [-0.15, -0.1) is 0 Å². The summed E-state index contributed by atoms with van der Waals surface area (Å²) in [5, 5.41) is 18.0. The molecule has 0 radical (unpaired) electrons. The molecule has 2 rings (SSSR count). The highest BCUT2D eigenvalue weighted by Gasteiger charge is 2.14. The zero-order valence-corrected chi connectivity index (χ0v) is 10.8. The highest BCUT2D eigenvalue weighted by Crippen LogP contribution is 2.16. The molecule has 2 aromatic rings. The lowest BCUT2D eigenvalue weighted by molar-refractivity contribution is 0.303. The van der Waals surface area contributed by atoms with Crippen molar-refractivity contribution in [1.82, 2.24) is 0 Å². The smallest absolute Gasteiger partial charge is 0.488 e. The Morgan fingerprint density at radius 3 is 2.50 bits per heavy atom. The number of hydrogen-bond donors (Lipinski definition) is 2. The Morgan fingerprint density at radius 2 is 1.80 bits per heavy atom. The molecule has 0 fully saturated rings. The van der Waals surface area contributed by atoms with Crippen molar-refractivity contribution in [2.24, 2.45) is 0 Å². The van der Waals surface area contributed by atoms with E-state index in [0.29, 0.717) is 5.56 Å². The minimum Gasteiger partial charge on any atom is -0.489 e. The van der Waals surface area contributed by atoms with Gasteiger partial charge in [0.25, 0.3) is 0 Å². The third-order valence-corrected chi connectivity index (χ3v) is 2.90. The van der Waals surface area contributed by atoms with E-state index in [1.807, 2.05) is 6.92 Å². The molecule has 6 heteroatoms. The molecule has 0 saturated carbocycles. The molecule has 2 aromatic carbocycles. The van der Waals surface area contributed by atoms with Crippen LogP contribution in [0, 0.1) is 18.6 Å². The second-order valence-corrected chi connectivity index (χ2v) is 4.45. The Labute approximate surface area is 115 Å². The van der Waals surface area contributed by atoms with Gasteiger partial charge in [-0.25, -0.2) is 8.78 Å². The standard InChI is InChI=1S/C14H13BF2O3/c1-9-2-3-12(16)4-10(9)8-20-14-6-11(15(18)19)5-13(17)7-14/h2-7,18-19H,8H2,1H3. The second kappa shape index (κ2) is 6.03. The maximum atomic E-state index is 13.3. The summed E-state index contributed by atoms with van der Waals surface area (Å²) in [4.78, 5) is 0. The Bertz CT molecular complexity index is 617. The highest BCUT2D eigenvalue weighted by atomic mass is 19.1. The topological polar surface area (TPSA) is 49.7 Å². The van der Waals surface area contributed by atoms with Crippen molar-refractivity contribution in [3.05, 3.63) is 59.2 Å². The van der Waals surface area contributed by atoms with E-state index in [0.717, 1.165) is 17.7 Å². The van der Waals surface area contributed by atoms with E-state index in [1.54, 1.807) is 6.07 Å². The lowest BCUT2D eigenvalue weighted by Crippen LogP contribution is -2.30. The Morgan fingerprint density at radius 1 is 1.05 bits per heavy atom. The third kappa shape index (κ3) is 3.56. The SMILES string of the molecule is Cc1ccc(F)cc1COc1cc(F)cc(B(O)O)c1. The quantitative estimate of drug-likeness (QED) is 0.834. The first-order valence-corrected chi connectivity index (χ1v) is 6.00. The van der Waals surface area contributed by atoms with Crippen LogP contribution in [0.5, 0.6) is 5.75 Å². The number of aryl methyl sites for hydroxylation is 1. The van der Waals surface area contributed by atoms with Crippen LogP contribution >= 0.6 is 0 Å². The van der Waals surface area contributed by atoms with Gasteiger partial charge in [0.2, 0.25) is 0 Å². The van der Waals surface area contributed by atoms with Crippen LogP contribution < -0.4 is 10.2 Å². The van der Waals surface area contributed by atoms with Crippen molar-refractivity contribution in [1.29, 1.82) is 0 Å². The molecule has 0 bridgehead atoms. The van der Waals surface area contributed by atoms with Gasteiger partial charge in [-0.1, -0.05) is 6.07 Å². The van der Waals surface area contributed by atoms with Crippen LogP contribution in [0.4, 0.5) is 8.78 Å². The lowest BCUT2D eigenvalue weighted by atomic mass is 9.80. The van der Waals surface area contributed by atoms with Crippen molar-refractivity contribution < 1.29 is 23.6 Å². The summed E-state index contributed by atoms with van der Waals surface area (Å²) in [6.45, 7) is 1.88. The molecule has 0 unspecified atom stereocenters. The molecule has 0 atom stereocenters. The van der Waals surface area contributed by atoms with Crippen LogP contribution in [-0.2, 0) is 6.61 Å². The first-order chi connectivity index (χ1) is 9.45. The maximum absolute atomic E-state index is 13.3. The van der Waals surface area contributed by atoms with E-state index < -0.39 is 12.9 Å².